The fraction of sp³-hybridized carbons (Fsp3) is 0.278. The third-order valence-electron chi connectivity index (χ3n) is 4.08. The van der Waals surface area contributed by atoms with E-state index < -0.39 is 0 Å². The topological polar surface area (TPSA) is 29.1 Å². The Morgan fingerprint density at radius 2 is 1.95 bits per heavy atom. The maximum Gasteiger partial charge on any atom is 0.252 e. The second-order valence-corrected chi connectivity index (χ2v) is 6.79. The summed E-state index contributed by atoms with van der Waals surface area (Å²) in [7, 11) is 0. The van der Waals surface area contributed by atoms with Gasteiger partial charge in [-0.3, -0.25) is 4.79 Å². The summed E-state index contributed by atoms with van der Waals surface area (Å²) in [4.78, 5) is 12.9. The van der Waals surface area contributed by atoms with Gasteiger partial charge in [0.25, 0.3) is 5.91 Å². The van der Waals surface area contributed by atoms with E-state index >= 15 is 0 Å². The van der Waals surface area contributed by atoms with Crippen LogP contribution >= 0.6 is 15.9 Å². The number of allylic oxidation sites excluding steroid dienone is 1. The van der Waals surface area contributed by atoms with E-state index in [0.29, 0.717) is 0 Å². The van der Waals surface area contributed by atoms with Crippen molar-refractivity contribution in [3.63, 3.8) is 0 Å². The van der Waals surface area contributed by atoms with Crippen molar-refractivity contribution >= 4 is 32.6 Å². The van der Waals surface area contributed by atoms with Gasteiger partial charge in [-0.25, -0.2) is 0 Å². The van der Waals surface area contributed by atoms with E-state index in [-0.39, 0.29) is 16.8 Å². The highest BCUT2D eigenvalue weighted by Gasteiger charge is 2.26. The van der Waals surface area contributed by atoms with Gasteiger partial charge in [-0.05, 0) is 36.1 Å². The number of amides is 1. The highest BCUT2D eigenvalue weighted by molar-refractivity contribution is 9.09. The SMILES string of the molecule is C=C1CCC(NC(=O)c2cccc3ccccc23)C(Br)C1. The second kappa shape index (κ2) is 6.02. The zero-order chi connectivity index (χ0) is 14.8. The van der Waals surface area contributed by atoms with Crippen molar-refractivity contribution in [3.05, 3.63) is 60.2 Å². The Morgan fingerprint density at radius 3 is 2.76 bits per heavy atom. The Morgan fingerprint density at radius 1 is 1.19 bits per heavy atom. The average Bonchev–Trinajstić information content (AvgIpc) is 2.49. The van der Waals surface area contributed by atoms with Crippen molar-refractivity contribution in [3.8, 4) is 0 Å². The molecule has 0 bridgehead atoms. The van der Waals surface area contributed by atoms with Crippen LogP contribution in [0.2, 0.25) is 0 Å². The summed E-state index contributed by atoms with van der Waals surface area (Å²) < 4.78 is 0. The molecule has 2 atom stereocenters. The number of rotatable bonds is 2. The maximum absolute atomic E-state index is 12.6. The summed E-state index contributed by atoms with van der Waals surface area (Å²) in [5.74, 6) is 0.00811. The minimum atomic E-state index is 0.00811. The zero-order valence-electron chi connectivity index (χ0n) is 11.8. The monoisotopic (exact) mass is 343 g/mol. The number of benzene rings is 2. The van der Waals surface area contributed by atoms with E-state index in [9.17, 15) is 4.79 Å². The van der Waals surface area contributed by atoms with Gasteiger partial charge < -0.3 is 5.32 Å². The molecule has 0 aromatic heterocycles. The van der Waals surface area contributed by atoms with Crippen LogP contribution < -0.4 is 5.32 Å². The molecule has 0 radical (unpaired) electrons. The molecule has 3 rings (SSSR count). The van der Waals surface area contributed by atoms with E-state index in [1.807, 2.05) is 42.5 Å². The van der Waals surface area contributed by atoms with E-state index in [2.05, 4.69) is 27.8 Å². The van der Waals surface area contributed by atoms with Crippen LogP contribution in [0.15, 0.2) is 54.6 Å². The Hall–Kier alpha value is -1.61. The molecule has 1 amide bonds. The fourth-order valence-corrected chi connectivity index (χ4v) is 3.75. The van der Waals surface area contributed by atoms with Crippen LogP contribution in [0.4, 0.5) is 0 Å². The van der Waals surface area contributed by atoms with Crippen molar-refractivity contribution < 1.29 is 4.79 Å². The minimum absolute atomic E-state index is 0.00811. The molecular weight excluding hydrogens is 326 g/mol. The molecule has 2 unspecified atom stereocenters. The van der Waals surface area contributed by atoms with Crippen LogP contribution in [0.5, 0.6) is 0 Å². The van der Waals surface area contributed by atoms with Crippen LogP contribution in [-0.4, -0.2) is 16.8 Å². The van der Waals surface area contributed by atoms with Crippen LogP contribution in [0.1, 0.15) is 29.6 Å². The van der Waals surface area contributed by atoms with Gasteiger partial charge >= 0.3 is 0 Å². The first-order valence-electron chi connectivity index (χ1n) is 7.24. The molecule has 1 saturated carbocycles. The van der Waals surface area contributed by atoms with Gasteiger partial charge in [0.1, 0.15) is 0 Å². The number of hydrogen-bond donors (Lipinski definition) is 1. The lowest BCUT2D eigenvalue weighted by atomic mass is 9.91. The van der Waals surface area contributed by atoms with Gasteiger partial charge in [-0.15, -0.1) is 0 Å². The van der Waals surface area contributed by atoms with Gasteiger partial charge in [0.15, 0.2) is 0 Å². The van der Waals surface area contributed by atoms with Crippen molar-refractivity contribution in [1.82, 2.24) is 5.32 Å². The minimum Gasteiger partial charge on any atom is -0.348 e. The number of carbonyl (C=O) groups excluding carboxylic acids is 1. The third-order valence-corrected chi connectivity index (χ3v) is 5.04. The molecule has 1 aliphatic rings. The Labute approximate surface area is 133 Å². The van der Waals surface area contributed by atoms with Gasteiger partial charge in [0.05, 0.1) is 0 Å². The molecule has 108 valence electrons. The molecule has 0 aliphatic heterocycles. The molecule has 1 aliphatic carbocycles. The third kappa shape index (κ3) is 3.03. The number of hydrogen-bond acceptors (Lipinski definition) is 1. The lowest BCUT2D eigenvalue weighted by Gasteiger charge is -2.29. The van der Waals surface area contributed by atoms with Crippen LogP contribution in [0.3, 0.4) is 0 Å². The first-order chi connectivity index (χ1) is 10.1. The van der Waals surface area contributed by atoms with Gasteiger partial charge in [0, 0.05) is 16.4 Å². The highest BCUT2D eigenvalue weighted by atomic mass is 79.9. The largest absolute Gasteiger partial charge is 0.348 e. The fourth-order valence-electron chi connectivity index (χ4n) is 2.89. The molecule has 0 saturated heterocycles. The van der Waals surface area contributed by atoms with Gasteiger partial charge in [0.2, 0.25) is 0 Å². The lowest BCUT2D eigenvalue weighted by Crippen LogP contribution is -2.43. The van der Waals surface area contributed by atoms with Gasteiger partial charge in [-0.2, -0.15) is 0 Å². The Kier molecular flexibility index (Phi) is 4.11. The first-order valence-corrected chi connectivity index (χ1v) is 8.16. The molecular formula is C18H18BrNO. The standard InChI is InChI=1S/C18H18BrNO/c1-12-9-10-17(16(19)11-12)20-18(21)15-8-4-6-13-5-2-3-7-14(13)15/h2-8,16-17H,1,9-11H2,(H,20,21). The maximum atomic E-state index is 12.6. The molecule has 3 heteroatoms. The summed E-state index contributed by atoms with van der Waals surface area (Å²) in [6, 6.07) is 14.0. The van der Waals surface area contributed by atoms with Crippen LogP contribution in [0, 0.1) is 0 Å². The van der Waals surface area contributed by atoms with Crippen molar-refractivity contribution in [2.75, 3.05) is 0 Å². The molecule has 2 aromatic carbocycles. The summed E-state index contributed by atoms with van der Waals surface area (Å²) >= 11 is 3.67. The average molecular weight is 344 g/mol. The highest BCUT2D eigenvalue weighted by Crippen LogP contribution is 2.28. The molecule has 1 fully saturated rings. The van der Waals surface area contributed by atoms with Crippen LogP contribution in [-0.2, 0) is 0 Å². The van der Waals surface area contributed by atoms with E-state index in [1.165, 1.54) is 5.57 Å². The predicted octanol–water partition coefficient (Wildman–Crippen LogP) is 4.44. The van der Waals surface area contributed by atoms with Crippen LogP contribution in [0.25, 0.3) is 10.8 Å². The van der Waals surface area contributed by atoms with E-state index in [0.717, 1.165) is 35.6 Å². The molecule has 1 N–H and O–H groups in total. The number of alkyl halides is 1. The predicted molar refractivity (Wildman–Crippen MR) is 90.9 cm³/mol. The van der Waals surface area contributed by atoms with E-state index in [4.69, 9.17) is 0 Å². The van der Waals surface area contributed by atoms with Gasteiger partial charge in [-0.1, -0.05) is 64.5 Å². The summed E-state index contributed by atoms with van der Waals surface area (Å²) in [5, 5.41) is 5.27. The quantitative estimate of drug-likeness (QED) is 0.633. The number of nitrogens with one attached hydrogen (secondary N) is 1. The van der Waals surface area contributed by atoms with E-state index in [1.54, 1.807) is 0 Å². The van der Waals surface area contributed by atoms with Crippen molar-refractivity contribution in [2.24, 2.45) is 0 Å². The smallest absolute Gasteiger partial charge is 0.252 e. The normalized spacial score (nSPS) is 22.2. The Bertz CT molecular complexity index is 689. The molecule has 21 heavy (non-hydrogen) atoms. The molecule has 2 nitrogen and oxygen atoms in total. The summed E-state index contributed by atoms with van der Waals surface area (Å²) in [5.41, 5.74) is 2.00. The first kappa shape index (κ1) is 14.3. The molecule has 2 aromatic rings. The summed E-state index contributed by atoms with van der Waals surface area (Å²) in [6.07, 6.45) is 2.87. The number of fused-ring (bicyclic) bond motifs is 1. The van der Waals surface area contributed by atoms with Crippen molar-refractivity contribution in [1.29, 1.82) is 0 Å². The zero-order valence-corrected chi connectivity index (χ0v) is 13.4. The number of carbonyl (C=O) groups is 1. The molecule has 0 heterocycles. The Balaban J connectivity index is 1.83. The lowest BCUT2D eigenvalue weighted by molar-refractivity contribution is 0.0934. The summed E-state index contributed by atoms with van der Waals surface area (Å²) in [6.45, 7) is 4.03. The molecule has 0 spiro atoms. The van der Waals surface area contributed by atoms with Crippen molar-refractivity contribution in [2.45, 2.75) is 30.1 Å². The number of halogens is 1. The second-order valence-electron chi connectivity index (χ2n) is 5.62.